The Bertz CT molecular complexity index is 621. The number of carbonyl (C=O) groups excluding carboxylic acids is 1. The zero-order chi connectivity index (χ0) is 18.6. The van der Waals surface area contributed by atoms with Gasteiger partial charge in [-0.3, -0.25) is 0 Å². The number of hydrogen-bond donors (Lipinski definition) is 1. The predicted molar refractivity (Wildman–Crippen MR) is 113 cm³/mol. The van der Waals surface area contributed by atoms with Crippen molar-refractivity contribution in [1.29, 1.82) is 0 Å². The number of rotatable bonds is 4. The summed E-state index contributed by atoms with van der Waals surface area (Å²) in [5.74, 6) is 2.64. The molecule has 1 aromatic carbocycles. The van der Waals surface area contributed by atoms with Crippen molar-refractivity contribution in [2.24, 2.45) is 0 Å². The number of aryl methyl sites for hydroxylation is 2. The molecule has 1 heterocycles. The van der Waals surface area contributed by atoms with E-state index in [0.29, 0.717) is 0 Å². The van der Waals surface area contributed by atoms with Crippen LogP contribution in [-0.2, 0) is 17.6 Å². The van der Waals surface area contributed by atoms with Crippen LogP contribution in [0.2, 0.25) is 0 Å². The second kappa shape index (κ2) is 8.92. The Balaban J connectivity index is 1.60. The average molecular weight is 394 g/mol. The molecule has 0 unspecified atom stereocenters. The molecule has 1 amide bonds. The van der Waals surface area contributed by atoms with Crippen LogP contribution in [0, 0.1) is 0 Å². The summed E-state index contributed by atoms with van der Waals surface area (Å²) in [6, 6.07) is 6.93. The van der Waals surface area contributed by atoms with E-state index in [0.717, 1.165) is 30.3 Å². The Kier molecular flexibility index (Phi) is 6.84. The zero-order valence-electron chi connectivity index (χ0n) is 16.2. The molecule has 0 saturated carbocycles. The van der Waals surface area contributed by atoms with E-state index in [1.807, 2.05) is 20.8 Å². The molecule has 3 nitrogen and oxygen atoms in total. The van der Waals surface area contributed by atoms with Gasteiger partial charge in [0.1, 0.15) is 5.60 Å². The number of ether oxygens (including phenoxy) is 1. The number of thioether (sulfide) groups is 2. The maximum atomic E-state index is 12.1. The van der Waals surface area contributed by atoms with Crippen LogP contribution in [0.25, 0.3) is 0 Å². The molecule has 2 aliphatic rings. The molecule has 1 saturated heterocycles. The number of amides is 1. The van der Waals surface area contributed by atoms with Crippen molar-refractivity contribution >= 4 is 29.6 Å². The Hall–Kier alpha value is -0.810. The van der Waals surface area contributed by atoms with Gasteiger partial charge in [-0.25, -0.2) is 4.79 Å². The third kappa shape index (κ3) is 5.85. The van der Waals surface area contributed by atoms with Crippen LogP contribution >= 0.6 is 23.5 Å². The fourth-order valence-electron chi connectivity index (χ4n) is 3.61. The van der Waals surface area contributed by atoms with E-state index < -0.39 is 5.60 Å². The van der Waals surface area contributed by atoms with Crippen molar-refractivity contribution in [3.63, 3.8) is 0 Å². The van der Waals surface area contributed by atoms with Crippen LogP contribution in [0.1, 0.15) is 69.2 Å². The van der Waals surface area contributed by atoms with Crippen molar-refractivity contribution < 1.29 is 9.53 Å². The number of carbonyl (C=O) groups is 1. The summed E-state index contributed by atoms with van der Waals surface area (Å²) in [6.45, 7) is 5.70. The normalized spacial score (nSPS) is 21.1. The highest BCUT2D eigenvalue weighted by Gasteiger charge is 2.25. The molecular formula is C21H31NO2S2. The van der Waals surface area contributed by atoms with Crippen molar-refractivity contribution in [3.05, 3.63) is 34.9 Å². The van der Waals surface area contributed by atoms with Crippen molar-refractivity contribution in [1.82, 2.24) is 5.32 Å². The Morgan fingerprint density at radius 3 is 2.73 bits per heavy atom. The maximum absolute atomic E-state index is 12.1. The van der Waals surface area contributed by atoms with Crippen LogP contribution in [0.15, 0.2) is 18.2 Å². The number of hydrogen-bond acceptors (Lipinski definition) is 4. The molecule has 1 aliphatic carbocycles. The molecular weight excluding hydrogens is 362 g/mol. The van der Waals surface area contributed by atoms with Crippen molar-refractivity contribution in [2.75, 3.05) is 11.5 Å². The van der Waals surface area contributed by atoms with E-state index in [1.54, 1.807) is 0 Å². The van der Waals surface area contributed by atoms with Crippen LogP contribution in [-0.4, -0.2) is 27.8 Å². The summed E-state index contributed by atoms with van der Waals surface area (Å²) >= 11 is 4.25. The van der Waals surface area contributed by atoms with E-state index in [4.69, 9.17) is 4.74 Å². The molecule has 144 valence electrons. The van der Waals surface area contributed by atoms with Crippen LogP contribution < -0.4 is 5.32 Å². The van der Waals surface area contributed by atoms with E-state index in [2.05, 4.69) is 47.0 Å². The van der Waals surface area contributed by atoms with Crippen molar-refractivity contribution in [2.45, 2.75) is 75.5 Å². The number of benzene rings is 1. The van der Waals surface area contributed by atoms with Gasteiger partial charge < -0.3 is 10.1 Å². The minimum Gasteiger partial charge on any atom is -0.444 e. The van der Waals surface area contributed by atoms with E-state index in [1.165, 1.54) is 41.0 Å². The molecule has 1 fully saturated rings. The summed E-state index contributed by atoms with van der Waals surface area (Å²) in [7, 11) is 0. The molecule has 0 bridgehead atoms. The van der Waals surface area contributed by atoms with Gasteiger partial charge in [0, 0.05) is 0 Å². The lowest BCUT2D eigenvalue weighted by atomic mass is 9.86. The van der Waals surface area contributed by atoms with Gasteiger partial charge in [-0.05, 0) is 87.5 Å². The summed E-state index contributed by atoms with van der Waals surface area (Å²) < 4.78 is 6.20. The van der Waals surface area contributed by atoms with E-state index in [9.17, 15) is 4.79 Å². The van der Waals surface area contributed by atoms with E-state index >= 15 is 0 Å². The lowest BCUT2D eigenvalue weighted by Gasteiger charge is -2.28. The monoisotopic (exact) mass is 393 g/mol. The average Bonchev–Trinajstić information content (AvgIpc) is 2.59. The molecule has 3 rings (SSSR count). The summed E-state index contributed by atoms with van der Waals surface area (Å²) in [5.41, 5.74) is 3.65. The third-order valence-corrected chi connectivity index (χ3v) is 7.86. The minimum absolute atomic E-state index is 0.0760. The first-order chi connectivity index (χ1) is 12.4. The Morgan fingerprint density at radius 2 is 2.00 bits per heavy atom. The molecule has 0 radical (unpaired) electrons. The highest BCUT2D eigenvalue weighted by molar-refractivity contribution is 8.17. The first-order valence-corrected chi connectivity index (χ1v) is 11.8. The predicted octanol–water partition coefficient (Wildman–Crippen LogP) is 5.72. The van der Waals surface area contributed by atoms with Gasteiger partial charge in [-0.15, -0.1) is 23.5 Å². The van der Waals surface area contributed by atoms with Gasteiger partial charge in [0.2, 0.25) is 0 Å². The highest BCUT2D eigenvalue weighted by atomic mass is 32.2. The lowest BCUT2D eigenvalue weighted by molar-refractivity contribution is 0.0498. The quantitative estimate of drug-likeness (QED) is 0.710. The van der Waals surface area contributed by atoms with E-state index in [-0.39, 0.29) is 12.1 Å². The van der Waals surface area contributed by atoms with Gasteiger partial charge in [-0.2, -0.15) is 0 Å². The largest absolute Gasteiger partial charge is 0.444 e. The Labute approximate surface area is 166 Å². The first kappa shape index (κ1) is 19.9. The summed E-state index contributed by atoms with van der Waals surface area (Å²) in [6.07, 6.45) is 6.67. The van der Waals surface area contributed by atoms with Gasteiger partial charge in [0.25, 0.3) is 0 Å². The molecule has 5 heteroatoms. The van der Waals surface area contributed by atoms with Gasteiger partial charge in [0.05, 0.1) is 10.6 Å². The lowest BCUT2D eigenvalue weighted by Crippen LogP contribution is -2.36. The standard InChI is InChI=1S/C21H31NO2S2/c1-21(2,3)24-20(23)22-18-7-4-6-16-14-15(8-10-17(16)18)9-11-19-25-12-5-13-26-19/h8,10,14,18-19H,4-7,9,11-13H2,1-3H3,(H,22,23)/t18-/m1/s1. The molecule has 1 atom stereocenters. The topological polar surface area (TPSA) is 38.3 Å². The van der Waals surface area contributed by atoms with Gasteiger partial charge in [-0.1, -0.05) is 18.2 Å². The number of nitrogens with one attached hydrogen (secondary N) is 1. The smallest absolute Gasteiger partial charge is 0.408 e. The number of alkyl carbamates (subject to hydrolysis) is 1. The summed E-state index contributed by atoms with van der Waals surface area (Å²) in [4.78, 5) is 12.1. The third-order valence-electron chi connectivity index (χ3n) is 4.78. The van der Waals surface area contributed by atoms with Crippen LogP contribution in [0.3, 0.4) is 0 Å². The van der Waals surface area contributed by atoms with Crippen LogP contribution in [0.4, 0.5) is 4.79 Å². The maximum Gasteiger partial charge on any atom is 0.408 e. The fourth-order valence-corrected chi connectivity index (χ4v) is 6.47. The van der Waals surface area contributed by atoms with Crippen LogP contribution in [0.5, 0.6) is 0 Å². The van der Waals surface area contributed by atoms with Gasteiger partial charge in [0.15, 0.2) is 0 Å². The zero-order valence-corrected chi connectivity index (χ0v) is 17.8. The molecule has 1 aliphatic heterocycles. The number of fused-ring (bicyclic) bond motifs is 1. The molecule has 0 spiro atoms. The highest BCUT2D eigenvalue weighted by Crippen LogP contribution is 2.35. The molecule has 0 aromatic heterocycles. The first-order valence-electron chi connectivity index (χ1n) is 9.75. The second-order valence-electron chi connectivity index (χ2n) is 8.19. The fraction of sp³-hybridized carbons (Fsp3) is 0.667. The summed E-state index contributed by atoms with van der Waals surface area (Å²) in [5, 5.41) is 3.07. The minimum atomic E-state index is -0.458. The SMILES string of the molecule is CC(C)(C)OC(=O)N[C@@H]1CCCc2cc(CCC3SCCCS3)ccc21. The molecule has 26 heavy (non-hydrogen) atoms. The Morgan fingerprint density at radius 1 is 1.23 bits per heavy atom. The second-order valence-corrected chi connectivity index (χ2v) is 11.1. The van der Waals surface area contributed by atoms with Gasteiger partial charge >= 0.3 is 6.09 Å². The molecule has 1 N–H and O–H groups in total. The van der Waals surface area contributed by atoms with Crippen molar-refractivity contribution in [3.8, 4) is 0 Å². The molecule has 1 aromatic rings.